The molecule has 0 saturated carbocycles. The summed E-state index contributed by atoms with van der Waals surface area (Å²) >= 11 is 5.85. The molecule has 0 saturated heterocycles. The molecule has 3 nitrogen and oxygen atoms in total. The number of hydrogen-bond donors (Lipinski definition) is 2. The SMILES string of the molecule is CC(CNc1cc(N)cc(Cl)n1)c1ccccc1. The minimum atomic E-state index is 0.396. The first-order chi connectivity index (χ1) is 8.65. The van der Waals surface area contributed by atoms with E-state index in [2.05, 4.69) is 29.4 Å². The minimum Gasteiger partial charge on any atom is -0.399 e. The Balaban J connectivity index is 1.99. The monoisotopic (exact) mass is 261 g/mol. The summed E-state index contributed by atoms with van der Waals surface area (Å²) in [6.45, 7) is 2.95. The van der Waals surface area contributed by atoms with Crippen molar-refractivity contribution in [2.75, 3.05) is 17.6 Å². The third kappa shape index (κ3) is 3.37. The summed E-state index contributed by atoms with van der Waals surface area (Å²) in [5.74, 6) is 1.11. The molecular formula is C14H16ClN3. The van der Waals surface area contributed by atoms with E-state index in [0.717, 1.165) is 6.54 Å². The van der Waals surface area contributed by atoms with Crippen LogP contribution in [0.3, 0.4) is 0 Å². The van der Waals surface area contributed by atoms with E-state index in [9.17, 15) is 0 Å². The predicted molar refractivity (Wildman–Crippen MR) is 77.0 cm³/mol. The highest BCUT2D eigenvalue weighted by Crippen LogP contribution is 2.18. The van der Waals surface area contributed by atoms with Crippen LogP contribution in [0.25, 0.3) is 0 Å². The Labute approximate surface area is 112 Å². The second-order valence-corrected chi connectivity index (χ2v) is 4.69. The van der Waals surface area contributed by atoms with Gasteiger partial charge in [0, 0.05) is 18.3 Å². The molecule has 4 heteroatoms. The van der Waals surface area contributed by atoms with Crippen LogP contribution < -0.4 is 11.1 Å². The summed E-state index contributed by atoms with van der Waals surface area (Å²) in [6, 6.07) is 13.8. The van der Waals surface area contributed by atoms with Crippen LogP contribution in [0.5, 0.6) is 0 Å². The van der Waals surface area contributed by atoms with Crippen molar-refractivity contribution in [3.05, 3.63) is 53.2 Å². The molecular weight excluding hydrogens is 246 g/mol. The van der Waals surface area contributed by atoms with Gasteiger partial charge in [-0.2, -0.15) is 0 Å². The summed E-state index contributed by atoms with van der Waals surface area (Å²) in [5, 5.41) is 3.66. The summed E-state index contributed by atoms with van der Waals surface area (Å²) in [4.78, 5) is 4.17. The fourth-order valence-electron chi connectivity index (χ4n) is 1.76. The lowest BCUT2D eigenvalue weighted by atomic mass is 10.0. The van der Waals surface area contributed by atoms with Crippen LogP contribution in [0, 0.1) is 0 Å². The molecule has 2 rings (SSSR count). The summed E-state index contributed by atoms with van der Waals surface area (Å²) in [5.41, 5.74) is 7.62. The van der Waals surface area contributed by atoms with E-state index in [0.29, 0.717) is 22.6 Å². The lowest BCUT2D eigenvalue weighted by Crippen LogP contribution is -2.11. The van der Waals surface area contributed by atoms with E-state index < -0.39 is 0 Å². The standard InChI is InChI=1S/C14H16ClN3/c1-10(11-5-3-2-4-6-11)9-17-14-8-12(16)7-13(15)18-14/h2-8,10H,9H2,1H3,(H3,16,17,18). The van der Waals surface area contributed by atoms with E-state index in [4.69, 9.17) is 17.3 Å². The van der Waals surface area contributed by atoms with Crippen molar-refractivity contribution in [2.24, 2.45) is 0 Å². The minimum absolute atomic E-state index is 0.396. The number of pyridine rings is 1. The lowest BCUT2D eigenvalue weighted by molar-refractivity contribution is 0.801. The highest BCUT2D eigenvalue weighted by Gasteiger charge is 2.05. The number of anilines is 2. The van der Waals surface area contributed by atoms with Gasteiger partial charge in [-0.15, -0.1) is 0 Å². The van der Waals surface area contributed by atoms with Gasteiger partial charge in [0.15, 0.2) is 0 Å². The normalized spacial score (nSPS) is 12.1. The van der Waals surface area contributed by atoms with Crippen LogP contribution in [0.4, 0.5) is 11.5 Å². The number of rotatable bonds is 4. The van der Waals surface area contributed by atoms with Crippen LogP contribution in [-0.4, -0.2) is 11.5 Å². The van der Waals surface area contributed by atoms with E-state index in [-0.39, 0.29) is 0 Å². The molecule has 1 aromatic heterocycles. The van der Waals surface area contributed by atoms with Crippen LogP contribution in [0.1, 0.15) is 18.4 Å². The Morgan fingerprint density at radius 2 is 2.00 bits per heavy atom. The molecule has 1 heterocycles. The van der Waals surface area contributed by atoms with Gasteiger partial charge in [0.05, 0.1) is 0 Å². The number of nitrogens with two attached hydrogens (primary N) is 1. The maximum absolute atomic E-state index is 5.85. The lowest BCUT2D eigenvalue weighted by Gasteiger charge is -2.13. The molecule has 18 heavy (non-hydrogen) atoms. The smallest absolute Gasteiger partial charge is 0.133 e. The summed E-state index contributed by atoms with van der Waals surface area (Å²) in [7, 11) is 0. The van der Waals surface area contributed by atoms with Gasteiger partial charge in [-0.1, -0.05) is 48.9 Å². The highest BCUT2D eigenvalue weighted by atomic mass is 35.5. The fourth-order valence-corrected chi connectivity index (χ4v) is 1.98. The number of aromatic nitrogens is 1. The fraction of sp³-hybridized carbons (Fsp3) is 0.214. The molecule has 0 radical (unpaired) electrons. The van der Waals surface area contributed by atoms with Gasteiger partial charge in [-0.3, -0.25) is 0 Å². The zero-order chi connectivity index (χ0) is 13.0. The Kier molecular flexibility index (Phi) is 4.05. The van der Waals surface area contributed by atoms with Gasteiger partial charge in [0.25, 0.3) is 0 Å². The van der Waals surface area contributed by atoms with Crippen LogP contribution in [0.2, 0.25) is 5.15 Å². The molecule has 1 atom stereocenters. The Morgan fingerprint density at radius 1 is 1.28 bits per heavy atom. The van der Waals surface area contributed by atoms with Crippen molar-refractivity contribution in [1.29, 1.82) is 0 Å². The van der Waals surface area contributed by atoms with Crippen molar-refractivity contribution in [3.8, 4) is 0 Å². The second kappa shape index (κ2) is 5.74. The molecule has 1 aromatic carbocycles. The van der Waals surface area contributed by atoms with Gasteiger partial charge in [-0.05, 0) is 17.5 Å². The Hall–Kier alpha value is -1.74. The largest absolute Gasteiger partial charge is 0.399 e. The molecule has 0 bridgehead atoms. The first-order valence-corrected chi connectivity index (χ1v) is 6.25. The molecule has 94 valence electrons. The number of nitrogen functional groups attached to an aromatic ring is 1. The Bertz CT molecular complexity index is 493. The maximum Gasteiger partial charge on any atom is 0.133 e. The average molecular weight is 262 g/mol. The molecule has 0 aliphatic rings. The van der Waals surface area contributed by atoms with Gasteiger partial charge < -0.3 is 11.1 Å². The van der Waals surface area contributed by atoms with Crippen molar-refractivity contribution in [2.45, 2.75) is 12.8 Å². The zero-order valence-electron chi connectivity index (χ0n) is 10.2. The first-order valence-electron chi connectivity index (χ1n) is 5.87. The molecule has 2 aromatic rings. The number of hydrogen-bond acceptors (Lipinski definition) is 3. The number of nitrogens with one attached hydrogen (secondary N) is 1. The van der Waals surface area contributed by atoms with Crippen molar-refractivity contribution in [1.82, 2.24) is 4.98 Å². The third-order valence-corrected chi connectivity index (χ3v) is 2.97. The van der Waals surface area contributed by atoms with E-state index in [1.807, 2.05) is 18.2 Å². The van der Waals surface area contributed by atoms with Crippen molar-refractivity contribution >= 4 is 23.1 Å². The number of halogens is 1. The van der Waals surface area contributed by atoms with Crippen LogP contribution >= 0.6 is 11.6 Å². The van der Waals surface area contributed by atoms with Crippen LogP contribution in [-0.2, 0) is 0 Å². The Morgan fingerprint density at radius 3 is 2.67 bits per heavy atom. The molecule has 0 spiro atoms. The summed E-state index contributed by atoms with van der Waals surface area (Å²) in [6.07, 6.45) is 0. The third-order valence-electron chi connectivity index (χ3n) is 2.77. The number of nitrogens with zero attached hydrogens (tertiary/aromatic N) is 1. The maximum atomic E-state index is 5.85. The van der Waals surface area contributed by atoms with E-state index in [1.165, 1.54) is 5.56 Å². The molecule has 0 fully saturated rings. The van der Waals surface area contributed by atoms with Gasteiger partial charge in [0.1, 0.15) is 11.0 Å². The zero-order valence-corrected chi connectivity index (χ0v) is 11.0. The molecule has 0 amide bonds. The van der Waals surface area contributed by atoms with Crippen LogP contribution in [0.15, 0.2) is 42.5 Å². The molecule has 3 N–H and O–H groups in total. The average Bonchev–Trinajstić information content (AvgIpc) is 2.36. The van der Waals surface area contributed by atoms with Gasteiger partial charge in [-0.25, -0.2) is 4.98 Å². The van der Waals surface area contributed by atoms with Crippen molar-refractivity contribution < 1.29 is 0 Å². The van der Waals surface area contributed by atoms with Crippen molar-refractivity contribution in [3.63, 3.8) is 0 Å². The quantitative estimate of drug-likeness (QED) is 0.828. The number of benzene rings is 1. The first kappa shape index (κ1) is 12.7. The topological polar surface area (TPSA) is 50.9 Å². The highest BCUT2D eigenvalue weighted by molar-refractivity contribution is 6.29. The summed E-state index contributed by atoms with van der Waals surface area (Å²) < 4.78 is 0. The van der Waals surface area contributed by atoms with Gasteiger partial charge >= 0.3 is 0 Å². The van der Waals surface area contributed by atoms with Gasteiger partial charge in [0.2, 0.25) is 0 Å². The molecule has 0 aliphatic heterocycles. The van der Waals surface area contributed by atoms with E-state index >= 15 is 0 Å². The molecule has 1 unspecified atom stereocenters. The molecule has 0 aliphatic carbocycles. The predicted octanol–water partition coefficient (Wildman–Crippen LogP) is 3.53. The second-order valence-electron chi connectivity index (χ2n) is 4.30. The van der Waals surface area contributed by atoms with E-state index in [1.54, 1.807) is 12.1 Å².